The van der Waals surface area contributed by atoms with E-state index < -0.39 is 0 Å². The highest BCUT2D eigenvalue weighted by molar-refractivity contribution is 6.30. The number of benzene rings is 2. The van der Waals surface area contributed by atoms with Crippen molar-refractivity contribution in [2.24, 2.45) is 0 Å². The molecule has 0 saturated heterocycles. The first-order valence-electron chi connectivity index (χ1n) is 5.40. The number of fused-ring (bicyclic) bond motifs is 1. The quantitative estimate of drug-likeness (QED) is 0.718. The summed E-state index contributed by atoms with van der Waals surface area (Å²) in [6, 6.07) is 16.6. The van der Waals surface area contributed by atoms with E-state index in [1.165, 1.54) is 16.8 Å². The maximum Gasteiger partial charge on any atom is 0.0436 e. The summed E-state index contributed by atoms with van der Waals surface area (Å²) in [7, 11) is 0. The van der Waals surface area contributed by atoms with E-state index in [4.69, 9.17) is 11.6 Å². The third-order valence-electron chi connectivity index (χ3n) is 3.03. The van der Waals surface area contributed by atoms with E-state index in [-0.39, 0.29) is 0 Å². The van der Waals surface area contributed by atoms with Crippen LogP contribution in [-0.2, 0) is 13.1 Å². The fourth-order valence-electron chi connectivity index (χ4n) is 2.17. The molecule has 0 atom stereocenters. The fraction of sp³-hybridized carbons (Fsp3) is 0.143. The fourth-order valence-corrected chi connectivity index (χ4v) is 2.29. The molecule has 0 bridgehead atoms. The first-order chi connectivity index (χ1) is 7.83. The van der Waals surface area contributed by atoms with Gasteiger partial charge >= 0.3 is 0 Å². The van der Waals surface area contributed by atoms with Gasteiger partial charge in [-0.1, -0.05) is 35.9 Å². The molecule has 16 heavy (non-hydrogen) atoms. The Hall–Kier alpha value is -1.47. The average molecular weight is 230 g/mol. The van der Waals surface area contributed by atoms with E-state index in [1.807, 2.05) is 12.1 Å². The molecule has 0 N–H and O–H groups in total. The molecule has 0 spiro atoms. The maximum absolute atomic E-state index is 5.89. The van der Waals surface area contributed by atoms with Crippen LogP contribution in [0.4, 0.5) is 5.69 Å². The van der Waals surface area contributed by atoms with Gasteiger partial charge in [0.2, 0.25) is 0 Å². The lowest BCUT2D eigenvalue weighted by Gasteiger charge is -2.17. The van der Waals surface area contributed by atoms with E-state index in [9.17, 15) is 0 Å². The van der Waals surface area contributed by atoms with E-state index in [0.717, 1.165) is 18.1 Å². The van der Waals surface area contributed by atoms with Crippen molar-refractivity contribution < 1.29 is 0 Å². The SMILES string of the molecule is Clc1ccc(N2Cc3ccccc3C2)cc1. The second-order valence-electron chi connectivity index (χ2n) is 4.10. The first-order valence-corrected chi connectivity index (χ1v) is 5.78. The van der Waals surface area contributed by atoms with Gasteiger partial charge in [0.25, 0.3) is 0 Å². The summed E-state index contributed by atoms with van der Waals surface area (Å²) in [4.78, 5) is 2.36. The summed E-state index contributed by atoms with van der Waals surface area (Å²) in [5.74, 6) is 0. The molecule has 1 aliphatic rings. The average Bonchev–Trinajstić information content (AvgIpc) is 2.73. The minimum absolute atomic E-state index is 0.792. The molecule has 3 rings (SSSR count). The molecule has 0 aliphatic carbocycles. The van der Waals surface area contributed by atoms with Crippen molar-refractivity contribution >= 4 is 17.3 Å². The number of anilines is 1. The van der Waals surface area contributed by atoms with Crippen LogP contribution < -0.4 is 4.90 Å². The summed E-state index contributed by atoms with van der Waals surface area (Å²) >= 11 is 5.89. The van der Waals surface area contributed by atoms with Gasteiger partial charge in [-0.2, -0.15) is 0 Å². The molecule has 80 valence electrons. The molecule has 2 heteroatoms. The van der Waals surface area contributed by atoms with Crippen LogP contribution in [0.15, 0.2) is 48.5 Å². The standard InChI is InChI=1S/C14H12ClN/c15-13-5-7-14(8-6-13)16-9-11-3-1-2-4-12(11)10-16/h1-8H,9-10H2. The van der Waals surface area contributed by atoms with E-state index in [1.54, 1.807) is 0 Å². The second-order valence-corrected chi connectivity index (χ2v) is 4.54. The van der Waals surface area contributed by atoms with Gasteiger partial charge in [0.15, 0.2) is 0 Å². The minimum Gasteiger partial charge on any atom is -0.363 e. The zero-order valence-electron chi connectivity index (χ0n) is 8.86. The van der Waals surface area contributed by atoms with E-state index in [2.05, 4.69) is 41.3 Å². The molecule has 0 fully saturated rings. The zero-order chi connectivity index (χ0) is 11.0. The Morgan fingerprint density at radius 1 is 0.812 bits per heavy atom. The van der Waals surface area contributed by atoms with Crippen LogP contribution >= 0.6 is 11.6 Å². The molecule has 1 heterocycles. The molecule has 2 aromatic rings. The molecule has 2 aromatic carbocycles. The Bertz CT molecular complexity index is 479. The lowest BCUT2D eigenvalue weighted by Crippen LogP contribution is -2.13. The van der Waals surface area contributed by atoms with Crippen LogP contribution in [0.3, 0.4) is 0 Å². The maximum atomic E-state index is 5.89. The van der Waals surface area contributed by atoms with Gasteiger partial charge in [-0.15, -0.1) is 0 Å². The predicted octanol–water partition coefficient (Wildman–Crippen LogP) is 3.86. The number of hydrogen-bond donors (Lipinski definition) is 0. The Morgan fingerprint density at radius 2 is 1.38 bits per heavy atom. The normalized spacial score (nSPS) is 13.9. The first kappa shape index (κ1) is 9.73. The molecule has 0 aromatic heterocycles. The topological polar surface area (TPSA) is 3.24 Å². The summed E-state index contributed by atoms with van der Waals surface area (Å²) < 4.78 is 0. The van der Waals surface area contributed by atoms with E-state index >= 15 is 0 Å². The van der Waals surface area contributed by atoms with Crippen molar-refractivity contribution in [1.82, 2.24) is 0 Å². The van der Waals surface area contributed by atoms with Gasteiger partial charge in [0, 0.05) is 23.8 Å². The van der Waals surface area contributed by atoms with Gasteiger partial charge in [-0.3, -0.25) is 0 Å². The van der Waals surface area contributed by atoms with Crippen LogP contribution in [0.1, 0.15) is 11.1 Å². The zero-order valence-corrected chi connectivity index (χ0v) is 9.61. The lowest BCUT2D eigenvalue weighted by molar-refractivity contribution is 0.880. The number of nitrogens with zero attached hydrogens (tertiary/aromatic N) is 1. The molecule has 1 aliphatic heterocycles. The van der Waals surface area contributed by atoms with Crippen LogP contribution in [0.5, 0.6) is 0 Å². The Balaban J connectivity index is 1.88. The molecule has 1 nitrogen and oxygen atoms in total. The summed E-state index contributed by atoms with van der Waals surface area (Å²) in [5.41, 5.74) is 4.09. The Kier molecular flexibility index (Phi) is 2.33. The summed E-state index contributed by atoms with van der Waals surface area (Å²) in [6.45, 7) is 2.00. The van der Waals surface area contributed by atoms with Crippen LogP contribution in [0.2, 0.25) is 5.02 Å². The van der Waals surface area contributed by atoms with Gasteiger partial charge in [0.1, 0.15) is 0 Å². The Morgan fingerprint density at radius 3 is 1.94 bits per heavy atom. The highest BCUT2D eigenvalue weighted by atomic mass is 35.5. The van der Waals surface area contributed by atoms with Gasteiger partial charge in [-0.05, 0) is 35.4 Å². The Labute approximate surface area is 100 Å². The lowest BCUT2D eigenvalue weighted by atomic mass is 10.1. The van der Waals surface area contributed by atoms with Crippen molar-refractivity contribution in [2.45, 2.75) is 13.1 Å². The van der Waals surface area contributed by atoms with Gasteiger partial charge in [0.05, 0.1) is 0 Å². The molecule has 0 unspecified atom stereocenters. The highest BCUT2D eigenvalue weighted by Crippen LogP contribution is 2.28. The van der Waals surface area contributed by atoms with Crippen molar-refractivity contribution in [2.75, 3.05) is 4.90 Å². The largest absolute Gasteiger partial charge is 0.363 e. The number of hydrogen-bond acceptors (Lipinski definition) is 1. The van der Waals surface area contributed by atoms with Crippen molar-refractivity contribution in [3.63, 3.8) is 0 Å². The van der Waals surface area contributed by atoms with Gasteiger partial charge < -0.3 is 4.90 Å². The third kappa shape index (κ3) is 1.68. The highest BCUT2D eigenvalue weighted by Gasteiger charge is 2.17. The molecule has 0 saturated carbocycles. The predicted molar refractivity (Wildman–Crippen MR) is 67.8 cm³/mol. The van der Waals surface area contributed by atoms with Crippen LogP contribution in [0, 0.1) is 0 Å². The van der Waals surface area contributed by atoms with Crippen molar-refractivity contribution in [1.29, 1.82) is 0 Å². The van der Waals surface area contributed by atoms with Crippen molar-refractivity contribution in [3.8, 4) is 0 Å². The summed E-state index contributed by atoms with van der Waals surface area (Å²) in [5, 5.41) is 0.792. The van der Waals surface area contributed by atoms with E-state index in [0.29, 0.717) is 0 Å². The minimum atomic E-state index is 0.792. The molecule has 0 amide bonds. The number of rotatable bonds is 1. The monoisotopic (exact) mass is 229 g/mol. The van der Waals surface area contributed by atoms with Crippen molar-refractivity contribution in [3.05, 3.63) is 64.7 Å². The number of halogens is 1. The second kappa shape index (κ2) is 3.84. The molecular formula is C14H12ClN. The van der Waals surface area contributed by atoms with Crippen LogP contribution in [0.25, 0.3) is 0 Å². The van der Waals surface area contributed by atoms with Crippen LogP contribution in [-0.4, -0.2) is 0 Å². The summed E-state index contributed by atoms with van der Waals surface area (Å²) in [6.07, 6.45) is 0. The third-order valence-corrected chi connectivity index (χ3v) is 3.28. The smallest absolute Gasteiger partial charge is 0.0436 e. The molecule has 0 radical (unpaired) electrons. The van der Waals surface area contributed by atoms with Gasteiger partial charge in [-0.25, -0.2) is 0 Å². The molecular weight excluding hydrogens is 218 g/mol.